The fourth-order valence-electron chi connectivity index (χ4n) is 1.31. The van der Waals surface area contributed by atoms with Crippen molar-refractivity contribution in [1.82, 2.24) is 4.90 Å². The van der Waals surface area contributed by atoms with Crippen molar-refractivity contribution in [2.75, 3.05) is 26.0 Å². The molecular formula is C12H13F3N2O3. The highest BCUT2D eigenvalue weighted by atomic mass is 19.4. The third-order valence-electron chi connectivity index (χ3n) is 2.17. The van der Waals surface area contributed by atoms with Gasteiger partial charge in [0, 0.05) is 14.1 Å². The molecule has 0 aromatic heterocycles. The van der Waals surface area contributed by atoms with E-state index in [0.717, 1.165) is 0 Å². The van der Waals surface area contributed by atoms with Crippen molar-refractivity contribution in [2.24, 2.45) is 0 Å². The van der Waals surface area contributed by atoms with Crippen molar-refractivity contribution >= 4 is 17.7 Å². The van der Waals surface area contributed by atoms with Gasteiger partial charge in [0.15, 0.2) is 6.61 Å². The Kier molecular flexibility index (Phi) is 4.95. The monoisotopic (exact) mass is 290 g/mol. The van der Waals surface area contributed by atoms with E-state index in [1.165, 1.54) is 37.2 Å². The van der Waals surface area contributed by atoms with Crippen LogP contribution in [0, 0.1) is 0 Å². The minimum atomic E-state index is -4.60. The second-order valence-corrected chi connectivity index (χ2v) is 4.06. The Balaban J connectivity index is 2.78. The topological polar surface area (TPSA) is 58.6 Å². The number of para-hydroxylation sites is 1. The largest absolute Gasteiger partial charge is 0.440 e. The van der Waals surface area contributed by atoms with Crippen molar-refractivity contribution in [3.05, 3.63) is 29.8 Å². The van der Waals surface area contributed by atoms with E-state index in [1.54, 1.807) is 6.07 Å². The number of carbonyl (C=O) groups excluding carboxylic acids is 2. The normalized spacial score (nSPS) is 10.8. The molecule has 8 heteroatoms. The Morgan fingerprint density at radius 3 is 2.40 bits per heavy atom. The Morgan fingerprint density at radius 2 is 1.85 bits per heavy atom. The van der Waals surface area contributed by atoms with Crippen LogP contribution in [0.2, 0.25) is 0 Å². The first-order valence-electron chi connectivity index (χ1n) is 5.52. The number of alkyl halides is 3. The lowest BCUT2D eigenvalue weighted by Gasteiger charge is -2.15. The summed E-state index contributed by atoms with van der Waals surface area (Å²) in [5.41, 5.74) is 0.236. The van der Waals surface area contributed by atoms with Gasteiger partial charge in [-0.25, -0.2) is 4.79 Å². The van der Waals surface area contributed by atoms with Crippen molar-refractivity contribution in [3.8, 4) is 0 Å². The molecule has 5 nitrogen and oxygen atoms in total. The van der Waals surface area contributed by atoms with Gasteiger partial charge in [-0.05, 0) is 12.1 Å². The number of nitrogens with one attached hydrogen (secondary N) is 1. The molecule has 20 heavy (non-hydrogen) atoms. The van der Waals surface area contributed by atoms with Crippen LogP contribution in [0.1, 0.15) is 10.4 Å². The number of hydrogen-bond acceptors (Lipinski definition) is 3. The van der Waals surface area contributed by atoms with Crippen LogP contribution in [-0.4, -0.2) is 43.8 Å². The molecule has 0 saturated heterocycles. The summed E-state index contributed by atoms with van der Waals surface area (Å²) in [6.07, 6.45) is -5.88. The molecule has 0 spiro atoms. The van der Waals surface area contributed by atoms with Gasteiger partial charge in [0.1, 0.15) is 0 Å². The number of hydrogen-bond donors (Lipinski definition) is 1. The van der Waals surface area contributed by atoms with E-state index in [-0.39, 0.29) is 11.3 Å². The van der Waals surface area contributed by atoms with Gasteiger partial charge < -0.3 is 9.64 Å². The fraction of sp³-hybridized carbons (Fsp3) is 0.333. The number of ether oxygens (including phenoxy) is 1. The molecule has 0 heterocycles. The second kappa shape index (κ2) is 6.27. The van der Waals surface area contributed by atoms with Crippen LogP contribution in [0.4, 0.5) is 23.7 Å². The Bertz CT molecular complexity index is 501. The minimum absolute atomic E-state index is 0.0818. The maximum absolute atomic E-state index is 11.9. The second-order valence-electron chi connectivity index (χ2n) is 4.06. The lowest BCUT2D eigenvalue weighted by molar-refractivity contribution is -0.159. The highest BCUT2D eigenvalue weighted by Crippen LogP contribution is 2.18. The number of halogens is 3. The summed E-state index contributed by atoms with van der Waals surface area (Å²) in [5.74, 6) is -0.392. The number of carbonyl (C=O) groups is 2. The predicted octanol–water partition coefficient (Wildman–Crippen LogP) is 2.50. The van der Waals surface area contributed by atoms with E-state index in [2.05, 4.69) is 10.1 Å². The molecule has 0 radical (unpaired) electrons. The SMILES string of the molecule is CN(C)C(=O)c1ccccc1NC(=O)OCC(F)(F)F. The van der Waals surface area contributed by atoms with Gasteiger partial charge in [-0.15, -0.1) is 0 Å². The van der Waals surface area contributed by atoms with Crippen LogP contribution < -0.4 is 5.32 Å². The Morgan fingerprint density at radius 1 is 1.25 bits per heavy atom. The molecular weight excluding hydrogens is 277 g/mol. The molecule has 0 aliphatic rings. The molecule has 1 rings (SSSR count). The Hall–Kier alpha value is -2.25. The van der Waals surface area contributed by atoms with Crippen LogP contribution in [0.25, 0.3) is 0 Å². The van der Waals surface area contributed by atoms with Gasteiger partial charge in [0.05, 0.1) is 11.3 Å². The first-order chi connectivity index (χ1) is 9.20. The summed E-state index contributed by atoms with van der Waals surface area (Å²) in [5, 5.41) is 2.11. The van der Waals surface area contributed by atoms with E-state index >= 15 is 0 Å². The van der Waals surface area contributed by atoms with E-state index in [9.17, 15) is 22.8 Å². The van der Waals surface area contributed by atoms with E-state index in [1.807, 2.05) is 0 Å². The number of anilines is 1. The lowest BCUT2D eigenvalue weighted by Crippen LogP contribution is -2.26. The molecule has 2 amide bonds. The van der Waals surface area contributed by atoms with Crippen molar-refractivity contribution in [1.29, 1.82) is 0 Å². The van der Waals surface area contributed by atoms with Crippen LogP contribution in [0.3, 0.4) is 0 Å². The molecule has 0 fully saturated rings. The van der Waals surface area contributed by atoms with Gasteiger partial charge in [-0.3, -0.25) is 10.1 Å². The summed E-state index contributed by atoms with van der Waals surface area (Å²) in [6.45, 7) is -1.69. The average molecular weight is 290 g/mol. The Labute approximate surface area is 113 Å². The van der Waals surface area contributed by atoms with Gasteiger partial charge in [-0.2, -0.15) is 13.2 Å². The number of rotatable bonds is 3. The van der Waals surface area contributed by atoms with Gasteiger partial charge in [0.25, 0.3) is 5.91 Å². The van der Waals surface area contributed by atoms with Crippen LogP contribution in [-0.2, 0) is 4.74 Å². The number of benzene rings is 1. The molecule has 1 aromatic carbocycles. The summed E-state index contributed by atoms with van der Waals surface area (Å²) >= 11 is 0. The maximum atomic E-state index is 11.9. The first kappa shape index (κ1) is 15.8. The zero-order valence-corrected chi connectivity index (χ0v) is 10.8. The zero-order valence-electron chi connectivity index (χ0n) is 10.8. The molecule has 0 bridgehead atoms. The maximum Gasteiger partial charge on any atom is 0.422 e. The third kappa shape index (κ3) is 4.79. The fourth-order valence-corrected chi connectivity index (χ4v) is 1.31. The van der Waals surface area contributed by atoms with Gasteiger partial charge in [0.2, 0.25) is 0 Å². The lowest BCUT2D eigenvalue weighted by atomic mass is 10.1. The van der Waals surface area contributed by atoms with E-state index in [0.29, 0.717) is 0 Å². The molecule has 1 N–H and O–H groups in total. The van der Waals surface area contributed by atoms with Gasteiger partial charge >= 0.3 is 12.3 Å². The molecule has 110 valence electrons. The van der Waals surface area contributed by atoms with Crippen LogP contribution >= 0.6 is 0 Å². The van der Waals surface area contributed by atoms with Crippen LogP contribution in [0.5, 0.6) is 0 Å². The number of nitrogens with zero attached hydrogens (tertiary/aromatic N) is 1. The van der Waals surface area contributed by atoms with Crippen LogP contribution in [0.15, 0.2) is 24.3 Å². The average Bonchev–Trinajstić information content (AvgIpc) is 2.35. The molecule has 0 aliphatic heterocycles. The summed E-state index contributed by atoms with van der Waals surface area (Å²) in [7, 11) is 3.03. The molecule has 0 unspecified atom stereocenters. The summed E-state index contributed by atoms with van der Waals surface area (Å²) in [4.78, 5) is 24.3. The quantitative estimate of drug-likeness (QED) is 0.930. The van der Waals surface area contributed by atoms with Crippen molar-refractivity contribution < 1.29 is 27.5 Å². The standard InChI is InChI=1S/C12H13F3N2O3/c1-17(2)10(18)8-5-3-4-6-9(8)16-11(19)20-7-12(13,14)15/h3-6H,7H2,1-2H3,(H,16,19). The highest BCUT2D eigenvalue weighted by molar-refractivity contribution is 6.02. The highest BCUT2D eigenvalue weighted by Gasteiger charge is 2.29. The summed E-state index contributed by atoms with van der Waals surface area (Å²) < 4.78 is 39.7. The smallest absolute Gasteiger partial charge is 0.422 e. The minimum Gasteiger partial charge on any atom is -0.440 e. The van der Waals surface area contributed by atoms with E-state index in [4.69, 9.17) is 0 Å². The summed E-state index contributed by atoms with van der Waals surface area (Å²) in [6, 6.07) is 5.95. The predicted molar refractivity (Wildman–Crippen MR) is 65.5 cm³/mol. The molecule has 0 saturated carbocycles. The van der Waals surface area contributed by atoms with Crippen molar-refractivity contribution in [2.45, 2.75) is 6.18 Å². The molecule has 1 aromatic rings. The first-order valence-corrected chi connectivity index (χ1v) is 5.52. The van der Waals surface area contributed by atoms with Gasteiger partial charge in [-0.1, -0.05) is 12.1 Å². The van der Waals surface area contributed by atoms with E-state index < -0.39 is 24.8 Å². The third-order valence-corrected chi connectivity index (χ3v) is 2.17. The zero-order chi connectivity index (χ0) is 15.3. The molecule has 0 aliphatic carbocycles. The number of amides is 2. The molecule has 0 atom stereocenters. The van der Waals surface area contributed by atoms with Crippen molar-refractivity contribution in [3.63, 3.8) is 0 Å².